The second-order valence-corrected chi connectivity index (χ2v) is 9.85. The lowest BCUT2D eigenvalue weighted by molar-refractivity contribution is -0.123. The average Bonchev–Trinajstić information content (AvgIpc) is 3.72. The van der Waals surface area contributed by atoms with Crippen molar-refractivity contribution in [1.29, 1.82) is 0 Å². The summed E-state index contributed by atoms with van der Waals surface area (Å²) in [6.45, 7) is 3.72. The van der Waals surface area contributed by atoms with Gasteiger partial charge in [0.25, 0.3) is 0 Å². The van der Waals surface area contributed by atoms with E-state index in [1.54, 1.807) is 25.3 Å². The van der Waals surface area contributed by atoms with Crippen molar-refractivity contribution >= 4 is 17.4 Å². The molecule has 1 N–H and O–H groups in total. The molecule has 1 aliphatic heterocycles. The number of carbonyl (C=O) groups is 2. The van der Waals surface area contributed by atoms with Crippen molar-refractivity contribution in [2.45, 2.75) is 24.8 Å². The fraction of sp³-hybridized carbons (Fsp3) is 0.333. The van der Waals surface area contributed by atoms with Crippen molar-refractivity contribution < 1.29 is 14.3 Å². The summed E-state index contributed by atoms with van der Waals surface area (Å²) in [4.78, 5) is 31.1. The van der Waals surface area contributed by atoms with Crippen LogP contribution in [-0.2, 0) is 11.2 Å². The van der Waals surface area contributed by atoms with E-state index in [1.165, 1.54) is 0 Å². The molecule has 0 atom stereocenters. The summed E-state index contributed by atoms with van der Waals surface area (Å²) in [6.07, 6.45) is 2.02. The first-order chi connectivity index (χ1) is 17.5. The van der Waals surface area contributed by atoms with Gasteiger partial charge in [0.15, 0.2) is 5.78 Å². The van der Waals surface area contributed by atoms with Crippen LogP contribution in [0, 0.1) is 0 Å². The molecule has 3 aromatic rings. The molecule has 1 saturated heterocycles. The van der Waals surface area contributed by atoms with E-state index in [0.29, 0.717) is 23.4 Å². The van der Waals surface area contributed by atoms with Crippen molar-refractivity contribution in [2.75, 3.05) is 45.7 Å². The minimum Gasteiger partial charge on any atom is -0.495 e. The third-order valence-electron chi connectivity index (χ3n) is 7.45. The number of hydrogen-bond donors (Lipinski definition) is 1. The van der Waals surface area contributed by atoms with Gasteiger partial charge < -0.3 is 15.0 Å². The van der Waals surface area contributed by atoms with Gasteiger partial charge >= 0.3 is 0 Å². The standard InChI is InChI=1S/C30H33N3O3/c1-32-16-18-33(19-17-32)30(14-15-30)29(35)31-26-21-25(12-13-28(26)36-2)27(34)20-22-8-10-24(11-9-22)23-6-4-3-5-7-23/h3-13,21H,14-20H2,1-2H3,(H,31,35). The Morgan fingerprint density at radius 2 is 1.56 bits per heavy atom. The number of Topliss-reactive ketones (excluding diaryl/α,β-unsaturated/α-hetero) is 1. The van der Waals surface area contributed by atoms with Crippen LogP contribution in [0.25, 0.3) is 11.1 Å². The van der Waals surface area contributed by atoms with Gasteiger partial charge in [0.05, 0.1) is 12.8 Å². The van der Waals surface area contributed by atoms with Crippen LogP contribution < -0.4 is 10.1 Å². The van der Waals surface area contributed by atoms with Gasteiger partial charge in [-0.25, -0.2) is 0 Å². The van der Waals surface area contributed by atoms with Crippen molar-refractivity contribution in [1.82, 2.24) is 9.80 Å². The summed E-state index contributed by atoms with van der Waals surface area (Å²) in [6, 6.07) is 23.5. The van der Waals surface area contributed by atoms with E-state index in [9.17, 15) is 9.59 Å². The molecule has 2 aliphatic rings. The summed E-state index contributed by atoms with van der Waals surface area (Å²) >= 11 is 0. The number of benzene rings is 3. The van der Waals surface area contributed by atoms with Gasteiger partial charge in [-0.1, -0.05) is 54.6 Å². The number of amides is 1. The molecule has 186 valence electrons. The number of ketones is 1. The molecule has 6 heteroatoms. The fourth-order valence-corrected chi connectivity index (χ4v) is 4.99. The van der Waals surface area contributed by atoms with Gasteiger partial charge in [-0.05, 0) is 54.8 Å². The van der Waals surface area contributed by atoms with Gasteiger partial charge in [-0.3, -0.25) is 14.5 Å². The Morgan fingerprint density at radius 3 is 2.19 bits per heavy atom. The third kappa shape index (κ3) is 5.06. The maximum atomic E-state index is 13.4. The molecule has 1 amide bonds. The van der Waals surface area contributed by atoms with Crippen LogP contribution in [0.2, 0.25) is 0 Å². The van der Waals surface area contributed by atoms with Crippen molar-refractivity contribution in [3.63, 3.8) is 0 Å². The van der Waals surface area contributed by atoms with E-state index in [1.807, 2.05) is 42.5 Å². The number of nitrogens with one attached hydrogen (secondary N) is 1. The topological polar surface area (TPSA) is 61.9 Å². The Kier molecular flexibility index (Phi) is 6.90. The van der Waals surface area contributed by atoms with Gasteiger partial charge in [-0.15, -0.1) is 0 Å². The average molecular weight is 484 g/mol. The highest BCUT2D eigenvalue weighted by Gasteiger charge is 2.54. The normalized spacial score (nSPS) is 17.4. The van der Waals surface area contributed by atoms with E-state index in [-0.39, 0.29) is 11.7 Å². The van der Waals surface area contributed by atoms with Crippen molar-refractivity contribution in [3.05, 3.63) is 83.9 Å². The summed E-state index contributed by atoms with van der Waals surface area (Å²) in [7, 11) is 3.69. The number of carbonyl (C=O) groups excluding carboxylic acids is 2. The molecule has 0 spiro atoms. The summed E-state index contributed by atoms with van der Waals surface area (Å²) in [5.74, 6) is 0.550. The lowest BCUT2D eigenvalue weighted by Crippen LogP contribution is -2.54. The zero-order valence-electron chi connectivity index (χ0n) is 21.0. The Hall–Kier alpha value is -3.48. The highest BCUT2D eigenvalue weighted by molar-refractivity contribution is 6.03. The molecule has 2 fully saturated rings. The summed E-state index contributed by atoms with van der Waals surface area (Å²) < 4.78 is 5.50. The van der Waals surface area contributed by atoms with Gasteiger partial charge in [0.1, 0.15) is 11.3 Å². The van der Waals surface area contributed by atoms with Crippen LogP contribution in [0.3, 0.4) is 0 Å². The zero-order valence-corrected chi connectivity index (χ0v) is 21.0. The minimum atomic E-state index is -0.438. The number of hydrogen-bond acceptors (Lipinski definition) is 5. The first kappa shape index (κ1) is 24.2. The monoisotopic (exact) mass is 483 g/mol. The number of anilines is 1. The van der Waals surface area contributed by atoms with Gasteiger partial charge in [-0.2, -0.15) is 0 Å². The zero-order chi connectivity index (χ0) is 25.1. The number of methoxy groups -OCH3 is 1. The van der Waals surface area contributed by atoms with Crippen LogP contribution in [-0.4, -0.2) is 67.4 Å². The first-order valence-electron chi connectivity index (χ1n) is 12.6. The molecule has 0 aromatic heterocycles. The van der Waals surface area contributed by atoms with E-state index in [4.69, 9.17) is 4.74 Å². The Morgan fingerprint density at radius 1 is 0.889 bits per heavy atom. The Labute approximate surface area is 212 Å². The molecule has 0 bridgehead atoms. The maximum absolute atomic E-state index is 13.4. The lowest BCUT2D eigenvalue weighted by atomic mass is 9.99. The number of ether oxygens (including phenoxy) is 1. The number of rotatable bonds is 8. The predicted molar refractivity (Wildman–Crippen MR) is 143 cm³/mol. The molecular weight excluding hydrogens is 450 g/mol. The number of piperazine rings is 1. The Balaban J connectivity index is 1.28. The van der Waals surface area contributed by atoms with Gasteiger partial charge in [0, 0.05) is 38.2 Å². The summed E-state index contributed by atoms with van der Waals surface area (Å²) in [5.41, 5.74) is 3.89. The van der Waals surface area contributed by atoms with E-state index < -0.39 is 5.54 Å². The smallest absolute Gasteiger partial charge is 0.245 e. The highest BCUT2D eigenvalue weighted by Crippen LogP contribution is 2.43. The first-order valence-corrected chi connectivity index (χ1v) is 12.6. The second-order valence-electron chi connectivity index (χ2n) is 9.85. The van der Waals surface area contributed by atoms with Crippen LogP contribution in [0.15, 0.2) is 72.8 Å². The number of likely N-dealkylation sites (N-methyl/N-ethyl adjacent to an activating group) is 1. The SMILES string of the molecule is COc1ccc(C(=O)Cc2ccc(-c3ccccc3)cc2)cc1NC(=O)C1(N2CCN(C)CC2)CC1. The quantitative estimate of drug-likeness (QED) is 0.478. The van der Waals surface area contributed by atoms with Crippen molar-refractivity contribution in [3.8, 4) is 16.9 Å². The predicted octanol–water partition coefficient (Wildman–Crippen LogP) is 4.51. The van der Waals surface area contributed by atoms with Crippen LogP contribution in [0.5, 0.6) is 5.75 Å². The molecular formula is C30H33N3O3. The molecule has 0 unspecified atom stereocenters. The summed E-state index contributed by atoms with van der Waals surface area (Å²) in [5, 5.41) is 3.09. The third-order valence-corrected chi connectivity index (χ3v) is 7.45. The lowest BCUT2D eigenvalue weighted by Gasteiger charge is -2.37. The molecule has 0 radical (unpaired) electrons. The molecule has 1 aliphatic carbocycles. The second kappa shape index (κ2) is 10.2. The number of nitrogens with zero attached hydrogens (tertiary/aromatic N) is 2. The van der Waals surface area contributed by atoms with Crippen LogP contribution in [0.4, 0.5) is 5.69 Å². The van der Waals surface area contributed by atoms with E-state index >= 15 is 0 Å². The molecule has 5 rings (SSSR count). The van der Waals surface area contributed by atoms with E-state index in [0.717, 1.165) is 55.7 Å². The van der Waals surface area contributed by atoms with Crippen LogP contribution >= 0.6 is 0 Å². The maximum Gasteiger partial charge on any atom is 0.245 e. The highest BCUT2D eigenvalue weighted by atomic mass is 16.5. The van der Waals surface area contributed by atoms with Crippen LogP contribution in [0.1, 0.15) is 28.8 Å². The largest absolute Gasteiger partial charge is 0.495 e. The molecule has 1 heterocycles. The minimum absolute atomic E-state index is 0.000756. The molecule has 1 saturated carbocycles. The molecule has 6 nitrogen and oxygen atoms in total. The Bertz CT molecular complexity index is 1230. The molecule has 36 heavy (non-hydrogen) atoms. The van der Waals surface area contributed by atoms with Crippen molar-refractivity contribution in [2.24, 2.45) is 0 Å². The van der Waals surface area contributed by atoms with Gasteiger partial charge in [0.2, 0.25) is 5.91 Å². The molecule has 3 aromatic carbocycles. The fourth-order valence-electron chi connectivity index (χ4n) is 4.99. The van der Waals surface area contributed by atoms with E-state index in [2.05, 4.69) is 34.3 Å².